The largest absolute Gasteiger partial charge is 0.384 e. The van der Waals surface area contributed by atoms with Crippen molar-refractivity contribution in [3.8, 4) is 6.07 Å². The van der Waals surface area contributed by atoms with Crippen LogP contribution in [0.3, 0.4) is 0 Å². The van der Waals surface area contributed by atoms with Crippen molar-refractivity contribution in [3.05, 3.63) is 34.3 Å². The van der Waals surface area contributed by atoms with Gasteiger partial charge in [0.25, 0.3) is 0 Å². The summed E-state index contributed by atoms with van der Waals surface area (Å²) in [5.41, 5.74) is -0.345. The number of hydrogen-bond acceptors (Lipinski definition) is 2. The lowest BCUT2D eigenvalue weighted by atomic mass is 9.82. The molecule has 0 saturated heterocycles. The number of benzene rings is 1. The van der Waals surface area contributed by atoms with Crippen molar-refractivity contribution in [2.45, 2.75) is 25.9 Å². The Bertz CT molecular complexity index is 381. The number of nitriles is 1. The van der Waals surface area contributed by atoms with Crippen LogP contribution >= 0.6 is 15.9 Å². The minimum absolute atomic E-state index is 0.392. The van der Waals surface area contributed by atoms with Crippen molar-refractivity contribution in [2.75, 3.05) is 0 Å². The van der Waals surface area contributed by atoms with E-state index in [9.17, 15) is 5.11 Å². The Morgan fingerprint density at radius 1 is 1.53 bits per heavy atom. The summed E-state index contributed by atoms with van der Waals surface area (Å²) in [6.07, 6.45) is 0.630. The predicted molar refractivity (Wildman–Crippen MR) is 63.1 cm³/mol. The Kier molecular flexibility index (Phi) is 3.90. The van der Waals surface area contributed by atoms with Crippen LogP contribution in [0.1, 0.15) is 25.8 Å². The van der Waals surface area contributed by atoms with Gasteiger partial charge >= 0.3 is 0 Å². The van der Waals surface area contributed by atoms with Crippen LogP contribution in [-0.2, 0) is 5.60 Å². The highest BCUT2D eigenvalue weighted by Gasteiger charge is 2.33. The maximum atomic E-state index is 10.4. The average Bonchev–Trinajstić information content (AvgIpc) is 2.19. The van der Waals surface area contributed by atoms with Gasteiger partial charge in [-0.3, -0.25) is 0 Å². The number of rotatable bonds is 3. The Morgan fingerprint density at radius 2 is 2.13 bits per heavy atom. The summed E-state index contributed by atoms with van der Waals surface area (Å²) < 4.78 is 0.837. The molecule has 0 fully saturated rings. The average molecular weight is 268 g/mol. The summed E-state index contributed by atoms with van der Waals surface area (Å²) in [6, 6.07) is 9.60. The SMILES string of the molecule is CCC(C#N)C(C)(O)c1ccccc1Br. The summed E-state index contributed by atoms with van der Waals surface area (Å²) in [5, 5.41) is 19.4. The second kappa shape index (κ2) is 4.78. The van der Waals surface area contributed by atoms with Gasteiger partial charge in [-0.2, -0.15) is 5.26 Å². The molecular formula is C12H14BrNO. The van der Waals surface area contributed by atoms with E-state index in [1.807, 2.05) is 31.2 Å². The molecule has 2 unspecified atom stereocenters. The fourth-order valence-corrected chi connectivity index (χ4v) is 2.36. The van der Waals surface area contributed by atoms with E-state index in [0.29, 0.717) is 6.42 Å². The molecule has 0 spiro atoms. The molecule has 0 heterocycles. The molecule has 0 saturated carbocycles. The molecule has 0 aliphatic heterocycles. The molecule has 0 amide bonds. The van der Waals surface area contributed by atoms with Crippen LogP contribution in [-0.4, -0.2) is 5.11 Å². The zero-order chi connectivity index (χ0) is 11.5. The number of nitrogens with zero attached hydrogens (tertiary/aromatic N) is 1. The standard InChI is InChI=1S/C12H14BrNO/c1-3-9(8-14)12(2,15)10-6-4-5-7-11(10)13/h4-7,9,15H,3H2,1-2H3. The molecule has 0 radical (unpaired) electrons. The molecule has 0 aliphatic rings. The van der Waals surface area contributed by atoms with Gasteiger partial charge in [0.05, 0.1) is 12.0 Å². The Labute approximate surface area is 98.7 Å². The van der Waals surface area contributed by atoms with Gasteiger partial charge in [-0.1, -0.05) is 41.1 Å². The Morgan fingerprint density at radius 3 is 2.60 bits per heavy atom. The van der Waals surface area contributed by atoms with E-state index in [1.165, 1.54) is 0 Å². The Balaban J connectivity index is 3.17. The van der Waals surface area contributed by atoms with Crippen LogP contribution < -0.4 is 0 Å². The van der Waals surface area contributed by atoms with Gasteiger partial charge in [0.15, 0.2) is 0 Å². The smallest absolute Gasteiger partial charge is 0.104 e. The summed E-state index contributed by atoms with van der Waals surface area (Å²) in [4.78, 5) is 0. The first kappa shape index (κ1) is 12.2. The molecular weight excluding hydrogens is 254 g/mol. The van der Waals surface area contributed by atoms with Crippen LogP contribution in [0.2, 0.25) is 0 Å². The van der Waals surface area contributed by atoms with Gasteiger partial charge in [0, 0.05) is 4.47 Å². The number of aliphatic hydroxyl groups is 1. The predicted octanol–water partition coefficient (Wildman–Crippen LogP) is 3.21. The highest BCUT2D eigenvalue weighted by molar-refractivity contribution is 9.10. The molecule has 80 valence electrons. The first-order valence-electron chi connectivity index (χ1n) is 4.91. The molecule has 1 aromatic rings. The van der Waals surface area contributed by atoms with E-state index in [-0.39, 0.29) is 0 Å². The fraction of sp³-hybridized carbons (Fsp3) is 0.417. The van der Waals surface area contributed by atoms with Gasteiger partial charge in [-0.25, -0.2) is 0 Å². The van der Waals surface area contributed by atoms with E-state index >= 15 is 0 Å². The lowest BCUT2D eigenvalue weighted by Crippen LogP contribution is -2.30. The number of hydrogen-bond donors (Lipinski definition) is 1. The highest BCUT2D eigenvalue weighted by Crippen LogP contribution is 2.35. The van der Waals surface area contributed by atoms with E-state index in [4.69, 9.17) is 5.26 Å². The van der Waals surface area contributed by atoms with Crippen LogP contribution in [0.4, 0.5) is 0 Å². The molecule has 2 nitrogen and oxygen atoms in total. The summed E-state index contributed by atoms with van der Waals surface area (Å²) in [6.45, 7) is 3.59. The third-order valence-corrected chi connectivity index (χ3v) is 3.35. The molecule has 1 N–H and O–H groups in total. The van der Waals surface area contributed by atoms with Crippen molar-refractivity contribution >= 4 is 15.9 Å². The summed E-state index contributed by atoms with van der Waals surface area (Å²) >= 11 is 3.39. The van der Waals surface area contributed by atoms with Gasteiger partial charge in [-0.05, 0) is 25.0 Å². The molecule has 0 aromatic heterocycles. The first-order chi connectivity index (χ1) is 7.04. The maximum Gasteiger partial charge on any atom is 0.104 e. The second-order valence-corrected chi connectivity index (χ2v) is 4.57. The molecule has 2 atom stereocenters. The normalized spacial score (nSPS) is 16.5. The third-order valence-electron chi connectivity index (χ3n) is 2.66. The third kappa shape index (κ3) is 2.39. The van der Waals surface area contributed by atoms with Crippen molar-refractivity contribution < 1.29 is 5.11 Å². The van der Waals surface area contributed by atoms with Gasteiger partial charge in [0.1, 0.15) is 5.60 Å². The zero-order valence-corrected chi connectivity index (χ0v) is 10.5. The lowest BCUT2D eigenvalue weighted by Gasteiger charge is -2.29. The van der Waals surface area contributed by atoms with Crippen LogP contribution in [0, 0.1) is 17.2 Å². The topological polar surface area (TPSA) is 44.0 Å². The van der Waals surface area contributed by atoms with Gasteiger partial charge in [0.2, 0.25) is 0 Å². The van der Waals surface area contributed by atoms with Crippen molar-refractivity contribution in [2.24, 2.45) is 5.92 Å². The number of halogens is 1. The molecule has 3 heteroatoms. The molecule has 15 heavy (non-hydrogen) atoms. The van der Waals surface area contributed by atoms with Gasteiger partial charge < -0.3 is 5.11 Å². The van der Waals surface area contributed by atoms with E-state index < -0.39 is 11.5 Å². The Hall–Kier alpha value is -0.850. The van der Waals surface area contributed by atoms with Crippen molar-refractivity contribution in [1.29, 1.82) is 5.26 Å². The minimum Gasteiger partial charge on any atom is -0.384 e. The second-order valence-electron chi connectivity index (χ2n) is 3.72. The quantitative estimate of drug-likeness (QED) is 0.914. The fourth-order valence-electron chi connectivity index (χ4n) is 1.67. The van der Waals surface area contributed by atoms with Crippen LogP contribution in [0.5, 0.6) is 0 Å². The molecule has 0 aliphatic carbocycles. The van der Waals surface area contributed by atoms with Crippen LogP contribution in [0.15, 0.2) is 28.7 Å². The van der Waals surface area contributed by atoms with E-state index in [1.54, 1.807) is 6.92 Å². The first-order valence-corrected chi connectivity index (χ1v) is 5.70. The molecule has 1 aromatic carbocycles. The molecule has 1 rings (SSSR count). The minimum atomic E-state index is -1.11. The summed E-state index contributed by atoms with van der Waals surface area (Å²) in [5.74, 6) is -0.392. The lowest BCUT2D eigenvalue weighted by molar-refractivity contribution is 0.0144. The monoisotopic (exact) mass is 267 g/mol. The van der Waals surface area contributed by atoms with E-state index in [2.05, 4.69) is 22.0 Å². The summed E-state index contributed by atoms with van der Waals surface area (Å²) in [7, 11) is 0. The van der Waals surface area contributed by atoms with Crippen molar-refractivity contribution in [1.82, 2.24) is 0 Å². The zero-order valence-electron chi connectivity index (χ0n) is 8.87. The molecule has 0 bridgehead atoms. The van der Waals surface area contributed by atoms with Gasteiger partial charge in [-0.15, -0.1) is 0 Å². The van der Waals surface area contributed by atoms with E-state index in [0.717, 1.165) is 10.0 Å². The van der Waals surface area contributed by atoms with Crippen molar-refractivity contribution in [3.63, 3.8) is 0 Å². The van der Waals surface area contributed by atoms with Crippen LogP contribution in [0.25, 0.3) is 0 Å². The highest BCUT2D eigenvalue weighted by atomic mass is 79.9. The maximum absolute atomic E-state index is 10.4.